The number of para-hydroxylation sites is 1. The Morgan fingerprint density at radius 3 is 2.59 bits per heavy atom. The number of hydrogen-bond acceptors (Lipinski definition) is 4. The van der Waals surface area contributed by atoms with Crippen LogP contribution in [0.15, 0.2) is 53.5 Å². The highest BCUT2D eigenvalue weighted by Crippen LogP contribution is 2.20. The minimum absolute atomic E-state index is 0.0470. The van der Waals surface area contributed by atoms with E-state index in [-0.39, 0.29) is 5.69 Å². The first-order chi connectivity index (χ1) is 10.7. The summed E-state index contributed by atoms with van der Waals surface area (Å²) in [7, 11) is 0. The van der Waals surface area contributed by atoms with Crippen LogP contribution in [0.2, 0.25) is 0 Å². The normalized spacial score (nSPS) is 10.8. The lowest BCUT2D eigenvalue weighted by Gasteiger charge is -2.04. The highest BCUT2D eigenvalue weighted by Gasteiger charge is 2.09. The van der Waals surface area contributed by atoms with E-state index in [0.717, 1.165) is 24.3 Å². The molecule has 0 fully saturated rings. The maximum atomic E-state index is 10.9. The van der Waals surface area contributed by atoms with Gasteiger partial charge in [-0.1, -0.05) is 25.5 Å². The fourth-order valence-corrected chi connectivity index (χ4v) is 1.87. The Balaban J connectivity index is 2.06. The van der Waals surface area contributed by atoms with Crippen molar-refractivity contribution < 1.29 is 9.66 Å². The second-order valence-electron chi connectivity index (χ2n) is 4.77. The van der Waals surface area contributed by atoms with Crippen molar-refractivity contribution in [3.05, 3.63) is 64.2 Å². The van der Waals surface area contributed by atoms with Crippen LogP contribution in [0.25, 0.3) is 0 Å². The van der Waals surface area contributed by atoms with E-state index in [9.17, 15) is 10.1 Å². The lowest BCUT2D eigenvalue weighted by atomic mass is 10.2. The van der Waals surface area contributed by atoms with Gasteiger partial charge in [-0.05, 0) is 36.8 Å². The standard InChI is InChI=1S/C17H18N2O3/c1-2-3-12-22-16-10-8-15(9-11-16)18-13-14-6-4-5-7-17(14)19(20)21/h4-11,13H,2-3,12H2,1H3. The van der Waals surface area contributed by atoms with Gasteiger partial charge in [0.2, 0.25) is 0 Å². The number of benzene rings is 2. The summed E-state index contributed by atoms with van der Waals surface area (Å²) in [6.45, 7) is 2.82. The molecule has 0 aliphatic carbocycles. The van der Waals surface area contributed by atoms with E-state index in [1.165, 1.54) is 12.3 Å². The summed E-state index contributed by atoms with van der Waals surface area (Å²) in [6, 6.07) is 13.9. The van der Waals surface area contributed by atoms with Gasteiger partial charge in [0, 0.05) is 12.3 Å². The van der Waals surface area contributed by atoms with Gasteiger partial charge in [0.1, 0.15) is 5.75 Å². The Hall–Kier alpha value is -2.69. The third-order valence-electron chi connectivity index (χ3n) is 3.09. The predicted molar refractivity (Wildman–Crippen MR) is 87.2 cm³/mol. The summed E-state index contributed by atoms with van der Waals surface area (Å²) in [5.74, 6) is 0.804. The fraction of sp³-hybridized carbons (Fsp3) is 0.235. The molecule has 0 unspecified atom stereocenters. The molecule has 0 amide bonds. The van der Waals surface area contributed by atoms with E-state index in [1.54, 1.807) is 18.2 Å². The van der Waals surface area contributed by atoms with E-state index >= 15 is 0 Å². The van der Waals surface area contributed by atoms with Gasteiger partial charge in [0.15, 0.2) is 0 Å². The molecule has 0 aliphatic rings. The quantitative estimate of drug-likeness (QED) is 0.326. The molecule has 22 heavy (non-hydrogen) atoms. The number of hydrogen-bond donors (Lipinski definition) is 0. The Kier molecular flexibility index (Phi) is 5.65. The molecule has 0 aliphatic heterocycles. The third kappa shape index (κ3) is 4.41. The van der Waals surface area contributed by atoms with Crippen LogP contribution in [0.4, 0.5) is 11.4 Å². The molecule has 0 N–H and O–H groups in total. The first-order valence-electron chi connectivity index (χ1n) is 7.21. The highest BCUT2D eigenvalue weighted by molar-refractivity contribution is 5.86. The maximum absolute atomic E-state index is 10.9. The average molecular weight is 298 g/mol. The zero-order chi connectivity index (χ0) is 15.8. The number of nitro benzene ring substituents is 1. The first kappa shape index (κ1) is 15.7. The van der Waals surface area contributed by atoms with E-state index in [1.807, 2.05) is 24.3 Å². The Bertz CT molecular complexity index is 651. The number of unbranched alkanes of at least 4 members (excludes halogenated alkanes) is 1. The Labute approximate surface area is 129 Å². The molecule has 0 bridgehead atoms. The van der Waals surface area contributed by atoms with Gasteiger partial charge in [-0.25, -0.2) is 0 Å². The average Bonchev–Trinajstić information content (AvgIpc) is 2.54. The van der Waals surface area contributed by atoms with Crippen molar-refractivity contribution in [1.29, 1.82) is 0 Å². The summed E-state index contributed by atoms with van der Waals surface area (Å²) in [4.78, 5) is 14.8. The summed E-state index contributed by atoms with van der Waals surface area (Å²) < 4.78 is 5.57. The molecule has 0 heterocycles. The number of ether oxygens (including phenoxy) is 1. The van der Waals surface area contributed by atoms with Crippen molar-refractivity contribution in [2.24, 2.45) is 4.99 Å². The molecule has 2 rings (SSSR count). The van der Waals surface area contributed by atoms with Crippen LogP contribution in [0.5, 0.6) is 5.75 Å². The third-order valence-corrected chi connectivity index (χ3v) is 3.09. The Morgan fingerprint density at radius 1 is 1.18 bits per heavy atom. The molecule has 0 saturated carbocycles. The van der Waals surface area contributed by atoms with Crippen molar-refractivity contribution in [2.75, 3.05) is 6.61 Å². The van der Waals surface area contributed by atoms with Gasteiger partial charge >= 0.3 is 0 Å². The molecule has 0 radical (unpaired) electrons. The molecular formula is C17H18N2O3. The van der Waals surface area contributed by atoms with Gasteiger partial charge in [-0.2, -0.15) is 0 Å². The number of nitro groups is 1. The maximum Gasteiger partial charge on any atom is 0.278 e. The van der Waals surface area contributed by atoms with Crippen LogP contribution in [-0.4, -0.2) is 17.7 Å². The zero-order valence-electron chi connectivity index (χ0n) is 12.4. The fourth-order valence-electron chi connectivity index (χ4n) is 1.87. The molecule has 5 nitrogen and oxygen atoms in total. The number of nitrogens with zero attached hydrogens (tertiary/aromatic N) is 2. The molecule has 0 spiro atoms. The van der Waals surface area contributed by atoms with Gasteiger partial charge in [0.25, 0.3) is 5.69 Å². The summed E-state index contributed by atoms with van der Waals surface area (Å²) >= 11 is 0. The monoisotopic (exact) mass is 298 g/mol. The van der Waals surface area contributed by atoms with Crippen molar-refractivity contribution >= 4 is 17.6 Å². The summed E-state index contributed by atoms with van der Waals surface area (Å²) in [5, 5.41) is 10.9. The van der Waals surface area contributed by atoms with Gasteiger partial charge in [-0.3, -0.25) is 15.1 Å². The topological polar surface area (TPSA) is 64.7 Å². The predicted octanol–water partition coefficient (Wildman–Crippen LogP) is 4.52. The summed E-state index contributed by atoms with van der Waals surface area (Å²) in [6.07, 6.45) is 3.63. The zero-order valence-corrected chi connectivity index (χ0v) is 12.4. The van der Waals surface area contributed by atoms with Crippen molar-refractivity contribution in [3.8, 4) is 5.75 Å². The highest BCUT2D eigenvalue weighted by atomic mass is 16.6. The molecule has 114 valence electrons. The van der Waals surface area contributed by atoms with E-state index in [2.05, 4.69) is 11.9 Å². The van der Waals surface area contributed by atoms with E-state index in [0.29, 0.717) is 12.2 Å². The molecule has 0 saturated heterocycles. The molecule has 2 aromatic rings. The molecule has 0 atom stereocenters. The van der Waals surface area contributed by atoms with Gasteiger partial charge in [0.05, 0.1) is 22.8 Å². The molecule has 0 aromatic heterocycles. The molecule has 5 heteroatoms. The minimum atomic E-state index is -0.411. The van der Waals surface area contributed by atoms with Gasteiger partial charge < -0.3 is 4.74 Å². The largest absolute Gasteiger partial charge is 0.494 e. The number of aliphatic imine (C=N–C) groups is 1. The Morgan fingerprint density at radius 2 is 1.91 bits per heavy atom. The second-order valence-corrected chi connectivity index (χ2v) is 4.77. The van der Waals surface area contributed by atoms with Crippen LogP contribution >= 0.6 is 0 Å². The molecule has 2 aromatic carbocycles. The lowest BCUT2D eigenvalue weighted by molar-refractivity contribution is -0.385. The van der Waals surface area contributed by atoms with Crippen LogP contribution < -0.4 is 4.74 Å². The smallest absolute Gasteiger partial charge is 0.278 e. The summed E-state index contributed by atoms with van der Waals surface area (Å²) in [5.41, 5.74) is 1.25. The van der Waals surface area contributed by atoms with Crippen molar-refractivity contribution in [3.63, 3.8) is 0 Å². The van der Waals surface area contributed by atoms with Crippen LogP contribution in [0, 0.1) is 10.1 Å². The molecular weight excluding hydrogens is 280 g/mol. The lowest BCUT2D eigenvalue weighted by Crippen LogP contribution is -1.95. The van der Waals surface area contributed by atoms with Crippen molar-refractivity contribution in [2.45, 2.75) is 19.8 Å². The van der Waals surface area contributed by atoms with Crippen LogP contribution in [0.1, 0.15) is 25.3 Å². The van der Waals surface area contributed by atoms with E-state index < -0.39 is 4.92 Å². The van der Waals surface area contributed by atoms with Gasteiger partial charge in [-0.15, -0.1) is 0 Å². The number of rotatable bonds is 7. The second kappa shape index (κ2) is 7.93. The van der Waals surface area contributed by atoms with Crippen LogP contribution in [0.3, 0.4) is 0 Å². The van der Waals surface area contributed by atoms with Crippen LogP contribution in [-0.2, 0) is 0 Å². The minimum Gasteiger partial charge on any atom is -0.494 e. The SMILES string of the molecule is CCCCOc1ccc(N=Cc2ccccc2[N+](=O)[O-])cc1. The van der Waals surface area contributed by atoms with E-state index in [4.69, 9.17) is 4.74 Å². The van der Waals surface area contributed by atoms with Crippen molar-refractivity contribution in [1.82, 2.24) is 0 Å². The first-order valence-corrected chi connectivity index (χ1v) is 7.21.